The van der Waals surface area contributed by atoms with Gasteiger partial charge in [0.2, 0.25) is 0 Å². The third-order valence-electron chi connectivity index (χ3n) is 5.37. The number of likely N-dealkylation sites (tertiary alicyclic amines) is 1. The summed E-state index contributed by atoms with van der Waals surface area (Å²) in [4.78, 5) is 15.0. The molecule has 3 rings (SSSR count). The Labute approximate surface area is 160 Å². The van der Waals surface area contributed by atoms with Gasteiger partial charge in [-0.2, -0.15) is 0 Å². The number of carbonyl (C=O) groups excluding carboxylic acids is 1. The van der Waals surface area contributed by atoms with Crippen LogP contribution < -0.4 is 10.1 Å². The van der Waals surface area contributed by atoms with Crippen LogP contribution in [0.1, 0.15) is 47.1 Å². The Bertz CT molecular complexity index is 744. The zero-order valence-electron chi connectivity index (χ0n) is 16.5. The van der Waals surface area contributed by atoms with E-state index in [9.17, 15) is 4.79 Å². The van der Waals surface area contributed by atoms with Gasteiger partial charge in [-0.1, -0.05) is 18.1 Å². The Morgan fingerprint density at radius 2 is 2.11 bits per heavy atom. The van der Waals surface area contributed by atoms with Crippen LogP contribution in [-0.4, -0.2) is 42.1 Å². The molecule has 6 heteroatoms. The number of benzene rings is 1. The van der Waals surface area contributed by atoms with Gasteiger partial charge in [-0.25, -0.2) is 0 Å². The summed E-state index contributed by atoms with van der Waals surface area (Å²) >= 11 is 0. The molecule has 1 amide bonds. The van der Waals surface area contributed by atoms with Gasteiger partial charge in [0.15, 0.2) is 0 Å². The van der Waals surface area contributed by atoms with Gasteiger partial charge >= 0.3 is 0 Å². The summed E-state index contributed by atoms with van der Waals surface area (Å²) in [6, 6.07) is 7.30. The summed E-state index contributed by atoms with van der Waals surface area (Å²) in [7, 11) is 0. The molecular formula is C21H29N3O3. The van der Waals surface area contributed by atoms with E-state index in [1.54, 1.807) is 6.07 Å². The van der Waals surface area contributed by atoms with Gasteiger partial charge in [-0.3, -0.25) is 4.79 Å². The first-order chi connectivity index (χ1) is 13.1. The summed E-state index contributed by atoms with van der Waals surface area (Å²) in [5, 5.41) is 7.01. The summed E-state index contributed by atoms with van der Waals surface area (Å²) < 4.78 is 11.0. The highest BCUT2D eigenvalue weighted by atomic mass is 16.5. The molecule has 1 fully saturated rings. The summed E-state index contributed by atoms with van der Waals surface area (Å²) in [6.45, 7) is 10.4. The Balaban J connectivity index is 1.51. The van der Waals surface area contributed by atoms with Crippen molar-refractivity contribution in [3.05, 3.63) is 46.8 Å². The maximum atomic E-state index is 12.5. The predicted octanol–water partition coefficient (Wildman–Crippen LogP) is 3.33. The molecule has 1 N–H and O–H groups in total. The standard InChI is InChI=1S/C21H29N3O3/c1-4-24-10-8-17(9-11-24)13-22-21(25)18-6-5-7-19(12-18)26-14-20-15(2)23-27-16(20)3/h5-7,12,17H,4,8-11,13-14H2,1-3H3,(H,22,25). The molecule has 0 radical (unpaired) electrons. The van der Waals surface area contributed by atoms with Crippen molar-refractivity contribution in [2.45, 2.75) is 40.2 Å². The van der Waals surface area contributed by atoms with E-state index in [0.717, 1.165) is 56.0 Å². The van der Waals surface area contributed by atoms with Crippen LogP contribution in [0.15, 0.2) is 28.8 Å². The molecule has 146 valence electrons. The van der Waals surface area contributed by atoms with Crippen LogP contribution in [0.3, 0.4) is 0 Å². The predicted molar refractivity (Wildman–Crippen MR) is 104 cm³/mol. The van der Waals surface area contributed by atoms with Gasteiger partial charge in [0.05, 0.1) is 11.3 Å². The first-order valence-electron chi connectivity index (χ1n) is 9.72. The maximum Gasteiger partial charge on any atom is 0.251 e. The highest BCUT2D eigenvalue weighted by molar-refractivity contribution is 5.94. The molecule has 2 aromatic rings. The van der Waals surface area contributed by atoms with Crippen LogP contribution in [-0.2, 0) is 6.61 Å². The smallest absolute Gasteiger partial charge is 0.251 e. The normalized spacial score (nSPS) is 15.7. The highest BCUT2D eigenvalue weighted by Crippen LogP contribution is 2.19. The number of carbonyl (C=O) groups is 1. The number of piperidine rings is 1. The molecule has 0 saturated carbocycles. The molecule has 0 unspecified atom stereocenters. The van der Waals surface area contributed by atoms with E-state index in [1.165, 1.54) is 0 Å². The molecule has 27 heavy (non-hydrogen) atoms. The number of aromatic nitrogens is 1. The van der Waals surface area contributed by atoms with E-state index in [-0.39, 0.29) is 5.91 Å². The Kier molecular flexibility index (Phi) is 6.50. The fourth-order valence-electron chi connectivity index (χ4n) is 3.44. The number of amides is 1. The second kappa shape index (κ2) is 9.04. The first kappa shape index (κ1) is 19.4. The first-order valence-corrected chi connectivity index (χ1v) is 9.72. The van der Waals surface area contributed by atoms with Crippen molar-refractivity contribution in [3.8, 4) is 5.75 Å². The third-order valence-corrected chi connectivity index (χ3v) is 5.37. The Morgan fingerprint density at radius 1 is 1.33 bits per heavy atom. The number of aryl methyl sites for hydroxylation is 2. The number of hydrogen-bond acceptors (Lipinski definition) is 5. The van der Waals surface area contributed by atoms with E-state index in [1.807, 2.05) is 32.0 Å². The van der Waals surface area contributed by atoms with Gasteiger partial charge < -0.3 is 19.5 Å². The van der Waals surface area contributed by atoms with Crippen molar-refractivity contribution >= 4 is 5.91 Å². The van der Waals surface area contributed by atoms with Crippen molar-refractivity contribution in [1.82, 2.24) is 15.4 Å². The number of nitrogens with one attached hydrogen (secondary N) is 1. The number of ether oxygens (including phenoxy) is 1. The number of rotatable bonds is 7. The summed E-state index contributed by atoms with van der Waals surface area (Å²) in [5.41, 5.74) is 2.40. The van der Waals surface area contributed by atoms with Crippen LogP contribution in [0, 0.1) is 19.8 Å². The van der Waals surface area contributed by atoms with E-state index >= 15 is 0 Å². The van der Waals surface area contributed by atoms with Gasteiger partial charge in [0.25, 0.3) is 5.91 Å². The topological polar surface area (TPSA) is 67.6 Å². The summed E-state index contributed by atoms with van der Waals surface area (Å²) in [6.07, 6.45) is 2.30. The van der Waals surface area contributed by atoms with Crippen molar-refractivity contribution in [2.75, 3.05) is 26.2 Å². The van der Waals surface area contributed by atoms with E-state index < -0.39 is 0 Å². The molecule has 0 bridgehead atoms. The molecular weight excluding hydrogens is 342 g/mol. The van der Waals surface area contributed by atoms with Crippen molar-refractivity contribution in [1.29, 1.82) is 0 Å². The van der Waals surface area contributed by atoms with Gasteiger partial charge in [-0.15, -0.1) is 0 Å². The van der Waals surface area contributed by atoms with E-state index in [2.05, 4.69) is 22.3 Å². The Morgan fingerprint density at radius 3 is 2.78 bits per heavy atom. The van der Waals surface area contributed by atoms with Crippen LogP contribution in [0.5, 0.6) is 5.75 Å². The van der Waals surface area contributed by atoms with Crippen LogP contribution in [0.25, 0.3) is 0 Å². The minimum Gasteiger partial charge on any atom is -0.489 e. The van der Waals surface area contributed by atoms with E-state index in [4.69, 9.17) is 9.26 Å². The van der Waals surface area contributed by atoms with Gasteiger partial charge in [-0.05, 0) is 70.4 Å². The van der Waals surface area contributed by atoms with Crippen LogP contribution >= 0.6 is 0 Å². The molecule has 1 aromatic heterocycles. The lowest BCUT2D eigenvalue weighted by atomic mass is 9.97. The zero-order chi connectivity index (χ0) is 19.2. The quantitative estimate of drug-likeness (QED) is 0.809. The lowest BCUT2D eigenvalue weighted by molar-refractivity contribution is 0.0936. The van der Waals surface area contributed by atoms with E-state index in [0.29, 0.717) is 23.8 Å². The minimum absolute atomic E-state index is 0.0456. The molecule has 0 spiro atoms. The average molecular weight is 371 g/mol. The van der Waals surface area contributed by atoms with Crippen LogP contribution in [0.4, 0.5) is 0 Å². The second-order valence-corrected chi connectivity index (χ2v) is 7.21. The van der Waals surface area contributed by atoms with Gasteiger partial charge in [0.1, 0.15) is 18.1 Å². The maximum absolute atomic E-state index is 12.5. The highest BCUT2D eigenvalue weighted by Gasteiger charge is 2.19. The molecule has 1 aromatic carbocycles. The molecule has 1 aliphatic rings. The minimum atomic E-state index is -0.0456. The fraction of sp³-hybridized carbons (Fsp3) is 0.524. The molecule has 2 heterocycles. The lowest BCUT2D eigenvalue weighted by Crippen LogP contribution is -2.38. The largest absolute Gasteiger partial charge is 0.489 e. The number of nitrogens with zero attached hydrogens (tertiary/aromatic N) is 2. The molecule has 6 nitrogen and oxygen atoms in total. The number of hydrogen-bond donors (Lipinski definition) is 1. The molecule has 0 aliphatic carbocycles. The third kappa shape index (κ3) is 5.10. The second-order valence-electron chi connectivity index (χ2n) is 7.21. The molecule has 1 aliphatic heterocycles. The SMILES string of the molecule is CCN1CCC(CNC(=O)c2cccc(OCc3c(C)noc3C)c2)CC1. The van der Waals surface area contributed by atoms with Crippen molar-refractivity contribution in [2.24, 2.45) is 5.92 Å². The zero-order valence-corrected chi connectivity index (χ0v) is 16.5. The van der Waals surface area contributed by atoms with Crippen LogP contribution in [0.2, 0.25) is 0 Å². The fourth-order valence-corrected chi connectivity index (χ4v) is 3.44. The Hall–Kier alpha value is -2.34. The average Bonchev–Trinajstić information content (AvgIpc) is 3.02. The van der Waals surface area contributed by atoms with Gasteiger partial charge in [0, 0.05) is 12.1 Å². The monoisotopic (exact) mass is 371 g/mol. The molecule has 1 saturated heterocycles. The van der Waals surface area contributed by atoms with Crippen molar-refractivity contribution in [3.63, 3.8) is 0 Å². The van der Waals surface area contributed by atoms with Crippen molar-refractivity contribution < 1.29 is 14.1 Å². The lowest BCUT2D eigenvalue weighted by Gasteiger charge is -2.31. The molecule has 0 atom stereocenters. The summed E-state index contributed by atoms with van der Waals surface area (Å²) in [5.74, 6) is 1.95.